The average molecular weight is 533 g/mol. The molecule has 0 aliphatic carbocycles. The highest BCUT2D eigenvalue weighted by atomic mass is 35.5. The zero-order chi connectivity index (χ0) is 26.4. The molecule has 11 heteroatoms. The van der Waals surface area contributed by atoms with Crippen molar-refractivity contribution in [2.24, 2.45) is 0 Å². The monoisotopic (exact) mass is 532 g/mol. The number of nitrogens with zero attached hydrogens (tertiary/aromatic N) is 6. The lowest BCUT2D eigenvalue weighted by atomic mass is 10.1. The van der Waals surface area contributed by atoms with Gasteiger partial charge in [0.25, 0.3) is 0 Å². The number of hydrogen-bond acceptors (Lipinski definition) is 7. The Morgan fingerprint density at radius 3 is 2.58 bits per heavy atom. The number of hydrogen-bond donors (Lipinski definition) is 0. The molecule has 4 heterocycles. The molecule has 9 nitrogen and oxygen atoms in total. The average Bonchev–Trinajstić information content (AvgIpc) is 2.79. The number of piperazine rings is 1. The minimum absolute atomic E-state index is 0.0943. The van der Waals surface area contributed by atoms with Crippen molar-refractivity contribution in [3.63, 3.8) is 0 Å². The number of carbonyl (C=O) groups excluding carboxylic acids is 1. The summed E-state index contributed by atoms with van der Waals surface area (Å²) in [5.41, 5.74) is 1.54. The van der Waals surface area contributed by atoms with Crippen LogP contribution in [0.2, 0.25) is 10.2 Å². The lowest BCUT2D eigenvalue weighted by molar-refractivity contribution is 0.0218. The Morgan fingerprint density at radius 1 is 1.22 bits per heavy atom. The lowest BCUT2D eigenvalue weighted by Gasteiger charge is -2.41. The van der Waals surface area contributed by atoms with Crippen LogP contribution in [0.1, 0.15) is 45.9 Å². The third-order valence-electron chi connectivity index (χ3n) is 6.07. The molecule has 1 amide bonds. The smallest absolute Gasteiger partial charge is 0.410 e. The highest BCUT2D eigenvalue weighted by Crippen LogP contribution is 2.33. The van der Waals surface area contributed by atoms with Gasteiger partial charge in [0.05, 0.1) is 21.8 Å². The summed E-state index contributed by atoms with van der Waals surface area (Å²) in [6.07, 6.45) is 1.98. The van der Waals surface area contributed by atoms with E-state index in [1.807, 2.05) is 52.5 Å². The number of fused-ring (bicyclic) bond motifs is 1. The van der Waals surface area contributed by atoms with Crippen LogP contribution in [-0.4, -0.2) is 61.8 Å². The molecule has 1 saturated heterocycles. The van der Waals surface area contributed by atoms with E-state index in [2.05, 4.69) is 15.0 Å². The molecule has 0 saturated carbocycles. The van der Waals surface area contributed by atoms with Gasteiger partial charge >= 0.3 is 11.8 Å². The summed E-state index contributed by atoms with van der Waals surface area (Å²) in [6.45, 7) is 12.7. The van der Waals surface area contributed by atoms with Crippen LogP contribution in [0.25, 0.3) is 16.7 Å². The van der Waals surface area contributed by atoms with Gasteiger partial charge in [0.1, 0.15) is 16.6 Å². The van der Waals surface area contributed by atoms with Gasteiger partial charge in [-0.2, -0.15) is 4.98 Å². The van der Waals surface area contributed by atoms with Gasteiger partial charge in [0.2, 0.25) is 0 Å². The van der Waals surface area contributed by atoms with Crippen LogP contribution >= 0.6 is 23.2 Å². The van der Waals surface area contributed by atoms with Gasteiger partial charge in [0, 0.05) is 31.9 Å². The van der Waals surface area contributed by atoms with E-state index in [9.17, 15) is 9.59 Å². The van der Waals surface area contributed by atoms with Crippen LogP contribution in [0.5, 0.6) is 0 Å². The maximum absolute atomic E-state index is 13.5. The Morgan fingerprint density at radius 2 is 1.94 bits per heavy atom. The molecule has 0 bridgehead atoms. The van der Waals surface area contributed by atoms with Crippen molar-refractivity contribution in [1.82, 2.24) is 24.4 Å². The van der Waals surface area contributed by atoms with Crippen molar-refractivity contribution >= 4 is 46.1 Å². The molecule has 0 radical (unpaired) electrons. The predicted octanol–water partition coefficient (Wildman–Crippen LogP) is 4.80. The summed E-state index contributed by atoms with van der Waals surface area (Å²) in [6, 6.07) is 3.39. The van der Waals surface area contributed by atoms with Crippen molar-refractivity contribution in [2.75, 3.05) is 24.5 Å². The first kappa shape index (κ1) is 26.2. The van der Waals surface area contributed by atoms with Crippen LogP contribution in [0.3, 0.4) is 0 Å². The standard InChI is InChI=1S/C25H30Cl2N6O3/c1-7-18-19(14(2)8-9-28-18)33-22-16(12-17(26)20(27)29-22)21(30-23(33)34)32-11-10-31(13-15(32)3)24(35)36-25(4,5)6/h8-9,12,15H,7,10-11,13H2,1-6H3. The normalized spacial score (nSPS) is 16.5. The lowest BCUT2D eigenvalue weighted by Crippen LogP contribution is -2.55. The molecule has 4 rings (SSSR count). The molecule has 1 unspecified atom stereocenters. The van der Waals surface area contributed by atoms with Gasteiger partial charge in [-0.05, 0) is 58.7 Å². The molecule has 0 aromatic carbocycles. The minimum Gasteiger partial charge on any atom is -0.444 e. The summed E-state index contributed by atoms with van der Waals surface area (Å²) in [5.74, 6) is 0.452. The van der Waals surface area contributed by atoms with Gasteiger partial charge in [-0.3, -0.25) is 4.98 Å². The maximum Gasteiger partial charge on any atom is 0.410 e. The largest absolute Gasteiger partial charge is 0.444 e. The Labute approximate surface area is 220 Å². The number of ether oxygens (including phenoxy) is 1. The summed E-state index contributed by atoms with van der Waals surface area (Å²) >= 11 is 12.7. The highest BCUT2D eigenvalue weighted by molar-refractivity contribution is 6.41. The Hall–Kier alpha value is -2.91. The minimum atomic E-state index is -0.580. The molecule has 1 aliphatic heterocycles. The van der Waals surface area contributed by atoms with E-state index >= 15 is 0 Å². The highest BCUT2D eigenvalue weighted by Gasteiger charge is 2.32. The summed E-state index contributed by atoms with van der Waals surface area (Å²) in [4.78, 5) is 43.3. The van der Waals surface area contributed by atoms with Crippen LogP contribution in [-0.2, 0) is 11.2 Å². The van der Waals surface area contributed by atoms with E-state index in [1.165, 1.54) is 4.57 Å². The Balaban J connectivity index is 1.83. The number of amides is 1. The summed E-state index contributed by atoms with van der Waals surface area (Å²) < 4.78 is 7.00. The van der Waals surface area contributed by atoms with Crippen molar-refractivity contribution in [1.29, 1.82) is 0 Å². The first-order valence-electron chi connectivity index (χ1n) is 11.9. The third kappa shape index (κ3) is 4.99. The number of aromatic nitrogens is 4. The van der Waals surface area contributed by atoms with E-state index in [0.717, 1.165) is 11.3 Å². The number of anilines is 1. The van der Waals surface area contributed by atoms with E-state index in [1.54, 1.807) is 17.2 Å². The number of pyridine rings is 2. The topological polar surface area (TPSA) is 93.5 Å². The summed E-state index contributed by atoms with van der Waals surface area (Å²) in [7, 11) is 0. The van der Waals surface area contributed by atoms with Gasteiger partial charge in [-0.15, -0.1) is 0 Å². The molecule has 1 fully saturated rings. The second kappa shape index (κ2) is 9.86. The van der Waals surface area contributed by atoms with Crippen molar-refractivity contribution in [3.05, 3.63) is 50.2 Å². The molecule has 36 heavy (non-hydrogen) atoms. The second-order valence-corrected chi connectivity index (χ2v) is 10.7. The fourth-order valence-electron chi connectivity index (χ4n) is 4.44. The second-order valence-electron chi connectivity index (χ2n) is 9.93. The van der Waals surface area contributed by atoms with Crippen molar-refractivity contribution in [3.8, 4) is 5.69 Å². The number of aryl methyl sites for hydroxylation is 2. The van der Waals surface area contributed by atoms with Gasteiger partial charge in [-0.1, -0.05) is 30.1 Å². The zero-order valence-electron chi connectivity index (χ0n) is 21.3. The quantitative estimate of drug-likeness (QED) is 0.447. The van der Waals surface area contributed by atoms with Gasteiger partial charge in [-0.25, -0.2) is 19.1 Å². The molecule has 1 atom stereocenters. The number of carbonyl (C=O) groups is 1. The number of rotatable bonds is 3. The van der Waals surface area contributed by atoms with Crippen molar-refractivity contribution in [2.45, 2.75) is 59.6 Å². The van der Waals surface area contributed by atoms with Crippen LogP contribution in [0.4, 0.5) is 10.6 Å². The SMILES string of the molecule is CCc1nccc(C)c1-n1c(=O)nc(N2CCN(C(=O)OC(C)(C)C)CC2C)c2cc(Cl)c(Cl)nc21. The molecule has 192 valence electrons. The summed E-state index contributed by atoms with van der Waals surface area (Å²) in [5, 5.41) is 0.944. The van der Waals surface area contributed by atoms with Crippen LogP contribution < -0.4 is 10.6 Å². The van der Waals surface area contributed by atoms with Gasteiger partial charge in [0.15, 0.2) is 5.65 Å². The van der Waals surface area contributed by atoms with Crippen LogP contribution in [0, 0.1) is 6.92 Å². The van der Waals surface area contributed by atoms with E-state index in [0.29, 0.717) is 48.6 Å². The predicted molar refractivity (Wildman–Crippen MR) is 142 cm³/mol. The van der Waals surface area contributed by atoms with E-state index < -0.39 is 11.3 Å². The Kier molecular flexibility index (Phi) is 7.16. The zero-order valence-corrected chi connectivity index (χ0v) is 22.8. The first-order chi connectivity index (χ1) is 16.9. The Bertz CT molecular complexity index is 1380. The van der Waals surface area contributed by atoms with Crippen LogP contribution in [0.15, 0.2) is 23.1 Å². The molecule has 3 aromatic heterocycles. The van der Waals surface area contributed by atoms with E-state index in [4.69, 9.17) is 27.9 Å². The fourth-order valence-corrected chi connectivity index (χ4v) is 4.73. The molecule has 0 N–H and O–H groups in total. The first-order valence-corrected chi connectivity index (χ1v) is 12.6. The molecular formula is C25H30Cl2N6O3. The molecule has 0 spiro atoms. The molecule has 3 aromatic rings. The third-order valence-corrected chi connectivity index (χ3v) is 6.74. The van der Waals surface area contributed by atoms with Crippen molar-refractivity contribution < 1.29 is 9.53 Å². The molecule has 1 aliphatic rings. The van der Waals surface area contributed by atoms with Gasteiger partial charge < -0.3 is 14.5 Å². The molecular weight excluding hydrogens is 503 g/mol. The maximum atomic E-state index is 13.5. The number of halogens is 2. The van der Waals surface area contributed by atoms with E-state index in [-0.39, 0.29) is 22.3 Å². The fraction of sp³-hybridized carbons (Fsp3) is 0.480.